The van der Waals surface area contributed by atoms with E-state index in [-0.39, 0.29) is 17.8 Å². The normalized spacial score (nSPS) is 23.7. The van der Waals surface area contributed by atoms with E-state index in [1.54, 1.807) is 17.8 Å². The Hall–Kier alpha value is -2.58. The first kappa shape index (κ1) is 19.4. The standard InChI is InChI=1S/C21H25ClN6O2/c1-12-8-15(22)18-9-16(12)24-20-23-10-17-19(25-20)28(21(29)26(17)3)14-4-6-27(7-5-14)11-13(2)30-18/h8-10,13-14H,4-7,11H2,1-3H3,(H,23,24,25)/t13-/m1/s1. The molecule has 0 aliphatic carbocycles. The van der Waals surface area contributed by atoms with E-state index in [1.807, 2.05) is 23.6 Å². The summed E-state index contributed by atoms with van der Waals surface area (Å²) in [7, 11) is 1.78. The Morgan fingerprint density at radius 3 is 2.80 bits per heavy atom. The van der Waals surface area contributed by atoms with Gasteiger partial charge in [0.05, 0.1) is 11.2 Å². The van der Waals surface area contributed by atoms with Crippen molar-refractivity contribution in [2.75, 3.05) is 25.0 Å². The lowest BCUT2D eigenvalue weighted by Crippen LogP contribution is -2.41. The van der Waals surface area contributed by atoms with Crippen molar-refractivity contribution >= 4 is 34.4 Å². The van der Waals surface area contributed by atoms with Gasteiger partial charge in [0.1, 0.15) is 17.4 Å². The number of nitrogens with one attached hydrogen (secondary N) is 1. The quantitative estimate of drug-likeness (QED) is 0.592. The summed E-state index contributed by atoms with van der Waals surface area (Å²) in [5, 5.41) is 3.87. The number of piperidine rings is 1. The van der Waals surface area contributed by atoms with E-state index >= 15 is 0 Å². The van der Waals surface area contributed by atoms with E-state index in [1.165, 1.54) is 0 Å². The molecule has 0 radical (unpaired) electrons. The van der Waals surface area contributed by atoms with Gasteiger partial charge in [-0.05, 0) is 38.3 Å². The molecule has 3 aromatic rings. The first-order chi connectivity index (χ1) is 14.4. The number of benzene rings is 1. The van der Waals surface area contributed by atoms with Gasteiger partial charge in [-0.25, -0.2) is 9.78 Å². The van der Waals surface area contributed by atoms with Crippen LogP contribution in [0.2, 0.25) is 5.02 Å². The van der Waals surface area contributed by atoms with Crippen LogP contribution in [0.4, 0.5) is 11.6 Å². The predicted octanol–water partition coefficient (Wildman–Crippen LogP) is 3.25. The second-order valence-corrected chi connectivity index (χ2v) is 8.70. The van der Waals surface area contributed by atoms with Crippen LogP contribution in [0.1, 0.15) is 31.4 Å². The second kappa shape index (κ2) is 7.28. The van der Waals surface area contributed by atoms with Gasteiger partial charge in [-0.3, -0.25) is 14.0 Å². The lowest BCUT2D eigenvalue weighted by molar-refractivity contribution is 0.115. The second-order valence-electron chi connectivity index (χ2n) is 8.30. The highest BCUT2D eigenvalue weighted by Gasteiger charge is 2.27. The number of anilines is 2. The Morgan fingerprint density at radius 2 is 2.03 bits per heavy atom. The molecular weight excluding hydrogens is 404 g/mol. The molecule has 158 valence electrons. The summed E-state index contributed by atoms with van der Waals surface area (Å²) in [6, 6.07) is 3.90. The van der Waals surface area contributed by atoms with Gasteiger partial charge in [-0.1, -0.05) is 11.6 Å². The highest BCUT2D eigenvalue weighted by molar-refractivity contribution is 6.32. The summed E-state index contributed by atoms with van der Waals surface area (Å²) >= 11 is 6.46. The van der Waals surface area contributed by atoms with Crippen molar-refractivity contribution in [3.8, 4) is 5.75 Å². The van der Waals surface area contributed by atoms with Crippen molar-refractivity contribution in [3.63, 3.8) is 0 Å². The van der Waals surface area contributed by atoms with Gasteiger partial charge in [0.15, 0.2) is 5.65 Å². The number of nitrogens with zero attached hydrogens (tertiary/aromatic N) is 5. The number of ether oxygens (including phenoxy) is 1. The summed E-state index contributed by atoms with van der Waals surface area (Å²) < 4.78 is 9.66. The molecule has 0 saturated carbocycles. The van der Waals surface area contributed by atoms with Crippen molar-refractivity contribution in [2.24, 2.45) is 7.05 Å². The van der Waals surface area contributed by atoms with E-state index in [4.69, 9.17) is 21.3 Å². The number of imidazole rings is 1. The molecule has 0 unspecified atom stereocenters. The van der Waals surface area contributed by atoms with Gasteiger partial charge in [0.2, 0.25) is 5.95 Å². The highest BCUT2D eigenvalue weighted by Crippen LogP contribution is 2.34. The smallest absolute Gasteiger partial charge is 0.330 e. The molecule has 8 nitrogen and oxygen atoms in total. The zero-order valence-corrected chi connectivity index (χ0v) is 18.1. The largest absolute Gasteiger partial charge is 0.488 e. The maximum Gasteiger partial charge on any atom is 0.330 e. The Labute approximate surface area is 179 Å². The number of halogens is 1. The average molecular weight is 429 g/mol. The molecule has 9 heteroatoms. The molecule has 1 N–H and O–H groups in total. The topological polar surface area (TPSA) is 77.2 Å². The molecular formula is C21H25ClN6O2. The Balaban J connectivity index is 1.68. The Kier molecular flexibility index (Phi) is 4.71. The summed E-state index contributed by atoms with van der Waals surface area (Å²) in [6.07, 6.45) is 3.49. The van der Waals surface area contributed by atoms with E-state index in [0.29, 0.717) is 22.4 Å². The molecule has 5 heterocycles. The Morgan fingerprint density at radius 1 is 1.27 bits per heavy atom. The highest BCUT2D eigenvalue weighted by atomic mass is 35.5. The third kappa shape index (κ3) is 3.24. The van der Waals surface area contributed by atoms with Gasteiger partial charge in [-0.15, -0.1) is 0 Å². The van der Waals surface area contributed by atoms with Gasteiger partial charge in [0, 0.05) is 44.5 Å². The van der Waals surface area contributed by atoms with Crippen molar-refractivity contribution in [3.05, 3.63) is 39.4 Å². The van der Waals surface area contributed by atoms with Gasteiger partial charge in [0.25, 0.3) is 0 Å². The summed E-state index contributed by atoms with van der Waals surface area (Å²) in [5.74, 6) is 1.08. The molecule has 2 aromatic heterocycles. The molecule has 1 saturated heterocycles. The lowest BCUT2D eigenvalue weighted by atomic mass is 10.0. The minimum atomic E-state index is -0.0409. The molecule has 3 aliphatic rings. The lowest BCUT2D eigenvalue weighted by Gasteiger charge is -2.33. The summed E-state index contributed by atoms with van der Waals surface area (Å²) in [5.41, 5.74) is 3.15. The fourth-order valence-electron chi connectivity index (χ4n) is 4.50. The Bertz CT molecular complexity index is 1180. The van der Waals surface area contributed by atoms with Crippen molar-refractivity contribution in [2.45, 2.75) is 38.8 Å². The number of hydrogen-bond donors (Lipinski definition) is 1. The molecule has 1 aromatic carbocycles. The van der Waals surface area contributed by atoms with Crippen LogP contribution in [0, 0.1) is 6.92 Å². The van der Waals surface area contributed by atoms with Gasteiger partial charge in [-0.2, -0.15) is 4.98 Å². The summed E-state index contributed by atoms with van der Waals surface area (Å²) in [6.45, 7) is 6.66. The van der Waals surface area contributed by atoms with Crippen molar-refractivity contribution in [1.82, 2.24) is 24.0 Å². The number of hydrogen-bond acceptors (Lipinski definition) is 6. The van der Waals surface area contributed by atoms with E-state index < -0.39 is 0 Å². The SMILES string of the molecule is Cc1cc(Cl)c2cc1Nc1ncc3c(n1)n(c(=O)n3C)C1CCN(CC1)C[C@@H](C)O2. The first-order valence-electron chi connectivity index (χ1n) is 10.3. The molecule has 1 atom stereocenters. The number of aromatic nitrogens is 4. The predicted molar refractivity (Wildman–Crippen MR) is 117 cm³/mol. The van der Waals surface area contributed by atoms with Crippen LogP contribution in [0.5, 0.6) is 5.75 Å². The molecule has 30 heavy (non-hydrogen) atoms. The van der Waals surface area contributed by atoms with E-state index in [2.05, 4.69) is 22.1 Å². The minimum Gasteiger partial charge on any atom is -0.488 e. The molecule has 0 spiro atoms. The molecule has 6 rings (SSSR count). The first-order valence-corrected chi connectivity index (χ1v) is 10.7. The zero-order valence-electron chi connectivity index (χ0n) is 17.4. The molecule has 0 amide bonds. The fraction of sp³-hybridized carbons (Fsp3) is 0.476. The van der Waals surface area contributed by atoms with Crippen LogP contribution in [0.3, 0.4) is 0 Å². The average Bonchev–Trinajstić information content (AvgIpc) is 2.95. The van der Waals surface area contributed by atoms with Gasteiger partial charge >= 0.3 is 5.69 Å². The number of fused-ring (bicyclic) bond motifs is 4. The third-order valence-corrected chi connectivity index (χ3v) is 6.42. The molecule has 6 bridgehead atoms. The third-order valence-electron chi connectivity index (χ3n) is 6.12. The van der Waals surface area contributed by atoms with Crippen molar-refractivity contribution < 1.29 is 4.74 Å². The molecule has 3 aliphatic heterocycles. The van der Waals surface area contributed by atoms with Crippen LogP contribution < -0.4 is 15.7 Å². The van der Waals surface area contributed by atoms with Crippen LogP contribution in [-0.4, -0.2) is 49.7 Å². The van der Waals surface area contributed by atoms with Gasteiger partial charge < -0.3 is 10.1 Å². The molecule has 1 fully saturated rings. The summed E-state index contributed by atoms with van der Waals surface area (Å²) in [4.78, 5) is 24.6. The van der Waals surface area contributed by atoms with E-state index in [0.717, 1.165) is 49.2 Å². The minimum absolute atomic E-state index is 0.0109. The fourth-order valence-corrected chi connectivity index (χ4v) is 4.76. The van der Waals surface area contributed by atoms with E-state index in [9.17, 15) is 4.79 Å². The zero-order chi connectivity index (χ0) is 21.0. The van der Waals surface area contributed by atoms with Crippen molar-refractivity contribution in [1.29, 1.82) is 0 Å². The maximum atomic E-state index is 13.0. The van der Waals surface area contributed by atoms with Crippen LogP contribution in [0.15, 0.2) is 23.1 Å². The maximum absolute atomic E-state index is 13.0. The van der Waals surface area contributed by atoms with Crippen LogP contribution in [0.25, 0.3) is 11.2 Å². The van der Waals surface area contributed by atoms with Crippen LogP contribution >= 0.6 is 11.6 Å². The van der Waals surface area contributed by atoms with Crippen LogP contribution in [-0.2, 0) is 7.05 Å². The monoisotopic (exact) mass is 428 g/mol. The number of rotatable bonds is 0. The number of aryl methyl sites for hydroxylation is 2.